The SMILES string of the molecule is O=C(NCCOc1cccc2ccccc12)c1cccnc1-n1cncn1. The number of ether oxygens (including phenoxy) is 1. The van der Waals surface area contributed by atoms with Crippen molar-refractivity contribution in [2.24, 2.45) is 0 Å². The monoisotopic (exact) mass is 359 g/mol. The van der Waals surface area contributed by atoms with Crippen molar-refractivity contribution in [1.82, 2.24) is 25.1 Å². The minimum atomic E-state index is -0.241. The number of carbonyl (C=O) groups is 1. The zero-order chi connectivity index (χ0) is 18.5. The van der Waals surface area contributed by atoms with E-state index in [9.17, 15) is 4.79 Å². The summed E-state index contributed by atoms with van der Waals surface area (Å²) in [4.78, 5) is 20.6. The third-order valence-corrected chi connectivity index (χ3v) is 4.06. The smallest absolute Gasteiger partial charge is 0.255 e. The lowest BCUT2D eigenvalue weighted by atomic mass is 10.1. The number of benzene rings is 2. The van der Waals surface area contributed by atoms with Gasteiger partial charge in [0.15, 0.2) is 5.82 Å². The van der Waals surface area contributed by atoms with E-state index in [1.165, 1.54) is 17.3 Å². The van der Waals surface area contributed by atoms with Crippen molar-refractivity contribution in [3.05, 3.63) is 79.0 Å². The van der Waals surface area contributed by atoms with E-state index in [-0.39, 0.29) is 5.91 Å². The van der Waals surface area contributed by atoms with Crippen molar-refractivity contribution in [2.75, 3.05) is 13.2 Å². The number of fused-ring (bicyclic) bond motifs is 1. The van der Waals surface area contributed by atoms with Crippen molar-refractivity contribution >= 4 is 16.7 Å². The molecule has 7 heteroatoms. The summed E-state index contributed by atoms with van der Waals surface area (Å²) in [5.41, 5.74) is 0.424. The van der Waals surface area contributed by atoms with Crippen LogP contribution in [0.15, 0.2) is 73.4 Å². The largest absolute Gasteiger partial charge is 0.491 e. The molecule has 0 radical (unpaired) electrons. The molecule has 0 spiro atoms. The van der Waals surface area contributed by atoms with Crippen molar-refractivity contribution < 1.29 is 9.53 Å². The van der Waals surface area contributed by atoms with E-state index in [2.05, 4.69) is 20.4 Å². The van der Waals surface area contributed by atoms with Crippen LogP contribution >= 0.6 is 0 Å². The molecule has 0 saturated heterocycles. The topological polar surface area (TPSA) is 81.9 Å². The average Bonchev–Trinajstić information content (AvgIpc) is 3.26. The fourth-order valence-electron chi connectivity index (χ4n) is 2.82. The Bertz CT molecular complexity index is 1060. The molecule has 4 aromatic rings. The van der Waals surface area contributed by atoms with E-state index in [4.69, 9.17) is 4.74 Å². The number of carbonyl (C=O) groups excluding carboxylic acids is 1. The normalized spacial score (nSPS) is 10.7. The zero-order valence-corrected chi connectivity index (χ0v) is 14.4. The van der Waals surface area contributed by atoms with Gasteiger partial charge in [-0.25, -0.2) is 14.6 Å². The van der Waals surface area contributed by atoms with Gasteiger partial charge in [0.1, 0.15) is 25.0 Å². The van der Waals surface area contributed by atoms with Crippen LogP contribution in [0.5, 0.6) is 5.75 Å². The molecule has 0 saturated carbocycles. The van der Waals surface area contributed by atoms with E-state index >= 15 is 0 Å². The molecule has 4 rings (SSSR count). The maximum atomic E-state index is 12.5. The Morgan fingerprint density at radius 3 is 2.85 bits per heavy atom. The predicted octanol–water partition coefficient (Wildman–Crippen LogP) is 2.62. The van der Waals surface area contributed by atoms with Gasteiger partial charge in [-0.3, -0.25) is 4.79 Å². The second-order valence-corrected chi connectivity index (χ2v) is 5.80. The van der Waals surface area contributed by atoms with Gasteiger partial charge in [0.2, 0.25) is 0 Å². The summed E-state index contributed by atoms with van der Waals surface area (Å²) in [5.74, 6) is 0.990. The molecule has 0 fully saturated rings. The van der Waals surface area contributed by atoms with Crippen LogP contribution in [-0.2, 0) is 0 Å². The highest BCUT2D eigenvalue weighted by atomic mass is 16.5. The molecule has 1 amide bonds. The van der Waals surface area contributed by atoms with Gasteiger partial charge in [0.05, 0.1) is 12.1 Å². The highest BCUT2D eigenvalue weighted by Crippen LogP contribution is 2.24. The van der Waals surface area contributed by atoms with Gasteiger partial charge in [-0.1, -0.05) is 36.4 Å². The first-order valence-corrected chi connectivity index (χ1v) is 8.52. The summed E-state index contributed by atoms with van der Waals surface area (Å²) < 4.78 is 7.31. The molecule has 0 bridgehead atoms. The van der Waals surface area contributed by atoms with Crippen LogP contribution in [0, 0.1) is 0 Å². The van der Waals surface area contributed by atoms with Crippen LogP contribution in [0.1, 0.15) is 10.4 Å². The van der Waals surface area contributed by atoms with Crippen LogP contribution in [0.3, 0.4) is 0 Å². The fourth-order valence-corrected chi connectivity index (χ4v) is 2.82. The van der Waals surface area contributed by atoms with Crippen LogP contribution in [0.25, 0.3) is 16.6 Å². The lowest BCUT2D eigenvalue weighted by molar-refractivity contribution is 0.0946. The van der Waals surface area contributed by atoms with E-state index in [1.807, 2.05) is 42.5 Å². The first-order chi connectivity index (χ1) is 13.3. The molecule has 7 nitrogen and oxygen atoms in total. The van der Waals surface area contributed by atoms with Gasteiger partial charge in [-0.2, -0.15) is 5.10 Å². The van der Waals surface area contributed by atoms with E-state index in [1.54, 1.807) is 18.3 Å². The molecule has 0 unspecified atom stereocenters. The molecule has 27 heavy (non-hydrogen) atoms. The first-order valence-electron chi connectivity index (χ1n) is 8.52. The Balaban J connectivity index is 1.39. The fraction of sp³-hybridized carbons (Fsp3) is 0.100. The van der Waals surface area contributed by atoms with Crippen LogP contribution in [0.2, 0.25) is 0 Å². The number of rotatable bonds is 6. The molecule has 0 atom stereocenters. The van der Waals surface area contributed by atoms with Crippen molar-refractivity contribution in [1.29, 1.82) is 0 Å². The minimum absolute atomic E-state index is 0.241. The van der Waals surface area contributed by atoms with Crippen LogP contribution in [0.4, 0.5) is 0 Å². The Labute approximate surface area is 155 Å². The molecular formula is C20H17N5O2. The van der Waals surface area contributed by atoms with Gasteiger partial charge < -0.3 is 10.1 Å². The predicted molar refractivity (Wildman–Crippen MR) is 101 cm³/mol. The van der Waals surface area contributed by atoms with Crippen molar-refractivity contribution in [3.8, 4) is 11.6 Å². The standard InChI is InChI=1S/C20H17N5O2/c26-20(17-8-4-10-22-19(17)25-14-21-13-24-25)23-11-12-27-18-9-3-6-15-5-1-2-7-16(15)18/h1-10,13-14H,11-12H2,(H,23,26). The highest BCUT2D eigenvalue weighted by molar-refractivity contribution is 5.97. The van der Waals surface area contributed by atoms with Crippen LogP contribution < -0.4 is 10.1 Å². The number of pyridine rings is 1. The number of nitrogens with one attached hydrogen (secondary N) is 1. The summed E-state index contributed by atoms with van der Waals surface area (Å²) in [7, 11) is 0. The van der Waals surface area contributed by atoms with Gasteiger partial charge in [0, 0.05) is 11.6 Å². The first kappa shape index (κ1) is 16.7. The Morgan fingerprint density at radius 2 is 1.96 bits per heavy atom. The minimum Gasteiger partial charge on any atom is -0.491 e. The molecule has 0 aliphatic rings. The second kappa shape index (κ2) is 7.65. The summed E-state index contributed by atoms with van der Waals surface area (Å²) in [6.07, 6.45) is 4.51. The lowest BCUT2D eigenvalue weighted by Gasteiger charge is -2.11. The summed E-state index contributed by atoms with van der Waals surface area (Å²) in [6.45, 7) is 0.729. The quantitative estimate of drug-likeness (QED) is 0.535. The summed E-state index contributed by atoms with van der Waals surface area (Å²) >= 11 is 0. The number of hydrogen-bond donors (Lipinski definition) is 1. The third-order valence-electron chi connectivity index (χ3n) is 4.06. The molecule has 0 aliphatic heterocycles. The number of aromatic nitrogens is 4. The van der Waals surface area contributed by atoms with Crippen molar-refractivity contribution in [3.63, 3.8) is 0 Å². The van der Waals surface area contributed by atoms with Crippen LogP contribution in [-0.4, -0.2) is 38.8 Å². The Morgan fingerprint density at radius 1 is 1.07 bits per heavy atom. The number of hydrogen-bond acceptors (Lipinski definition) is 5. The molecule has 134 valence electrons. The summed E-state index contributed by atoms with van der Waals surface area (Å²) in [6, 6.07) is 17.4. The molecule has 2 aromatic carbocycles. The van der Waals surface area contributed by atoms with Gasteiger partial charge >= 0.3 is 0 Å². The third kappa shape index (κ3) is 3.62. The summed E-state index contributed by atoms with van der Waals surface area (Å²) in [5, 5.41) is 9.05. The van der Waals surface area contributed by atoms with E-state index < -0.39 is 0 Å². The maximum Gasteiger partial charge on any atom is 0.255 e. The maximum absolute atomic E-state index is 12.5. The van der Waals surface area contributed by atoms with Crippen molar-refractivity contribution in [2.45, 2.75) is 0 Å². The van der Waals surface area contributed by atoms with E-state index in [0.29, 0.717) is 24.5 Å². The molecule has 1 N–H and O–H groups in total. The lowest BCUT2D eigenvalue weighted by Crippen LogP contribution is -2.29. The Kier molecular flexibility index (Phi) is 4.74. The second-order valence-electron chi connectivity index (χ2n) is 5.80. The highest BCUT2D eigenvalue weighted by Gasteiger charge is 2.13. The molecule has 2 heterocycles. The average molecular weight is 359 g/mol. The Hall–Kier alpha value is -3.74. The van der Waals surface area contributed by atoms with Gasteiger partial charge in [0.25, 0.3) is 5.91 Å². The number of nitrogens with zero attached hydrogens (tertiary/aromatic N) is 4. The van der Waals surface area contributed by atoms with Gasteiger partial charge in [-0.15, -0.1) is 0 Å². The zero-order valence-electron chi connectivity index (χ0n) is 14.4. The van der Waals surface area contributed by atoms with Gasteiger partial charge in [-0.05, 0) is 23.6 Å². The molecule has 2 aromatic heterocycles. The van der Waals surface area contributed by atoms with E-state index in [0.717, 1.165) is 16.5 Å². The number of amides is 1. The molecular weight excluding hydrogens is 342 g/mol. The molecule has 0 aliphatic carbocycles.